The average Bonchev–Trinajstić information content (AvgIpc) is 2.58. The van der Waals surface area contributed by atoms with Crippen molar-refractivity contribution >= 4 is 29.2 Å². The van der Waals surface area contributed by atoms with Crippen LogP contribution in [-0.2, 0) is 20.7 Å². The summed E-state index contributed by atoms with van der Waals surface area (Å²) in [5.41, 5.74) is 0.541. The van der Waals surface area contributed by atoms with Gasteiger partial charge in [-0.2, -0.15) is 0 Å². The van der Waals surface area contributed by atoms with Crippen LogP contribution in [0, 0.1) is 5.82 Å². The molecule has 0 radical (unpaired) electrons. The molecule has 2 aromatic carbocycles. The molecule has 2 aromatic rings. The fraction of sp³-hybridized carbons (Fsp3) is 0.222. The molecule has 0 aliphatic rings. The summed E-state index contributed by atoms with van der Waals surface area (Å²) >= 11 is 5.87. The lowest BCUT2D eigenvalue weighted by Crippen LogP contribution is -2.30. The van der Waals surface area contributed by atoms with Gasteiger partial charge < -0.3 is 14.8 Å². The molecular weight excluding hydrogens is 349 g/mol. The smallest absolute Gasteiger partial charge is 0.311 e. The summed E-state index contributed by atoms with van der Waals surface area (Å²) in [4.78, 5) is 24.0. The van der Waals surface area contributed by atoms with Crippen molar-refractivity contribution in [3.63, 3.8) is 0 Å². The van der Waals surface area contributed by atoms with Crippen molar-refractivity contribution in [3.8, 4) is 5.75 Å². The Morgan fingerprint density at radius 2 is 1.96 bits per heavy atom. The van der Waals surface area contributed by atoms with Crippen molar-refractivity contribution in [2.45, 2.75) is 19.4 Å². The Morgan fingerprint density at radius 3 is 2.64 bits per heavy atom. The van der Waals surface area contributed by atoms with Crippen molar-refractivity contribution in [1.29, 1.82) is 0 Å². The average molecular weight is 366 g/mol. The van der Waals surface area contributed by atoms with Gasteiger partial charge in [0.25, 0.3) is 5.91 Å². The van der Waals surface area contributed by atoms with E-state index < -0.39 is 23.8 Å². The Hall–Kier alpha value is -2.60. The monoisotopic (exact) mass is 365 g/mol. The van der Waals surface area contributed by atoms with E-state index in [1.165, 1.54) is 32.2 Å². The number of benzene rings is 2. The van der Waals surface area contributed by atoms with Gasteiger partial charge in [0.15, 0.2) is 6.10 Å². The first kappa shape index (κ1) is 18.7. The number of anilines is 1. The summed E-state index contributed by atoms with van der Waals surface area (Å²) < 4.78 is 23.8. The number of carbonyl (C=O) groups is 2. The molecule has 132 valence electrons. The third kappa shape index (κ3) is 5.19. The third-order valence-corrected chi connectivity index (χ3v) is 3.75. The van der Waals surface area contributed by atoms with E-state index in [0.29, 0.717) is 11.4 Å². The van der Waals surface area contributed by atoms with Gasteiger partial charge in [-0.25, -0.2) is 4.39 Å². The first-order valence-electron chi connectivity index (χ1n) is 7.48. The topological polar surface area (TPSA) is 64.6 Å². The predicted molar refractivity (Wildman–Crippen MR) is 92.3 cm³/mol. The molecule has 1 atom stereocenters. The first-order chi connectivity index (χ1) is 11.9. The third-order valence-electron chi connectivity index (χ3n) is 3.40. The number of halogens is 2. The van der Waals surface area contributed by atoms with Crippen LogP contribution in [0.3, 0.4) is 0 Å². The number of ether oxygens (including phenoxy) is 2. The number of methoxy groups -OCH3 is 1. The molecule has 0 spiro atoms. The summed E-state index contributed by atoms with van der Waals surface area (Å²) in [5, 5.41) is 2.74. The Labute approximate surface area is 149 Å². The number of hydrogen-bond acceptors (Lipinski definition) is 4. The van der Waals surface area contributed by atoms with E-state index in [9.17, 15) is 14.0 Å². The molecule has 0 aliphatic heterocycles. The Kier molecular flexibility index (Phi) is 6.36. The van der Waals surface area contributed by atoms with Crippen LogP contribution in [0.25, 0.3) is 0 Å². The first-order valence-corrected chi connectivity index (χ1v) is 7.85. The molecule has 0 unspecified atom stereocenters. The minimum atomic E-state index is -1.05. The maximum absolute atomic E-state index is 13.7. The predicted octanol–water partition coefficient (Wildman–Crippen LogP) is 3.60. The Morgan fingerprint density at radius 1 is 1.24 bits per heavy atom. The zero-order valence-electron chi connectivity index (χ0n) is 13.7. The molecule has 0 heterocycles. The van der Waals surface area contributed by atoms with Crippen LogP contribution in [-0.4, -0.2) is 25.1 Å². The minimum absolute atomic E-state index is 0.0366. The molecule has 0 bridgehead atoms. The van der Waals surface area contributed by atoms with Crippen LogP contribution in [0.2, 0.25) is 5.02 Å². The highest BCUT2D eigenvalue weighted by atomic mass is 35.5. The van der Waals surface area contributed by atoms with E-state index in [1.54, 1.807) is 24.3 Å². The minimum Gasteiger partial charge on any atom is -0.497 e. The van der Waals surface area contributed by atoms with Gasteiger partial charge in [-0.15, -0.1) is 0 Å². The van der Waals surface area contributed by atoms with E-state index in [1.807, 2.05) is 0 Å². The maximum atomic E-state index is 13.7. The molecule has 0 saturated heterocycles. The Balaban J connectivity index is 1.95. The van der Waals surface area contributed by atoms with Gasteiger partial charge in [0.1, 0.15) is 11.6 Å². The van der Waals surface area contributed by atoms with Crippen molar-refractivity contribution in [2.75, 3.05) is 12.4 Å². The fourth-order valence-corrected chi connectivity index (χ4v) is 2.31. The quantitative estimate of drug-likeness (QED) is 0.794. The van der Waals surface area contributed by atoms with Crippen molar-refractivity contribution in [3.05, 3.63) is 58.9 Å². The highest BCUT2D eigenvalue weighted by Crippen LogP contribution is 2.20. The molecule has 1 N–H and O–H groups in total. The standard InChI is InChI=1S/C18H17ClFNO4/c1-11(18(23)21-12-5-3-6-13(9-12)24-2)25-17(22)10-14-15(19)7-4-8-16(14)20/h3-9,11H,10H2,1-2H3,(H,21,23)/t11-/m0/s1. The number of esters is 1. The summed E-state index contributed by atoms with van der Waals surface area (Å²) in [6.07, 6.45) is -1.41. The summed E-state index contributed by atoms with van der Waals surface area (Å²) in [6, 6.07) is 10.9. The molecule has 0 aromatic heterocycles. The van der Waals surface area contributed by atoms with E-state index in [2.05, 4.69) is 5.32 Å². The molecule has 25 heavy (non-hydrogen) atoms. The number of carbonyl (C=O) groups excluding carboxylic acids is 2. The van der Waals surface area contributed by atoms with Gasteiger partial charge in [-0.3, -0.25) is 9.59 Å². The van der Waals surface area contributed by atoms with Crippen LogP contribution in [0.15, 0.2) is 42.5 Å². The normalized spacial score (nSPS) is 11.5. The number of amides is 1. The highest BCUT2D eigenvalue weighted by molar-refractivity contribution is 6.31. The molecule has 1 amide bonds. The number of nitrogens with one attached hydrogen (secondary N) is 1. The molecule has 0 saturated carbocycles. The van der Waals surface area contributed by atoms with E-state index in [0.717, 1.165) is 0 Å². The van der Waals surface area contributed by atoms with Gasteiger partial charge in [-0.05, 0) is 31.2 Å². The van der Waals surface area contributed by atoms with E-state index in [-0.39, 0.29) is 17.0 Å². The number of rotatable bonds is 6. The summed E-state index contributed by atoms with van der Waals surface area (Å²) in [6.45, 7) is 1.43. The molecule has 0 aliphatic carbocycles. The van der Waals surface area contributed by atoms with Gasteiger partial charge in [0, 0.05) is 22.3 Å². The second-order valence-electron chi connectivity index (χ2n) is 5.23. The zero-order valence-corrected chi connectivity index (χ0v) is 14.5. The van der Waals surface area contributed by atoms with Gasteiger partial charge >= 0.3 is 5.97 Å². The van der Waals surface area contributed by atoms with Crippen LogP contribution in [0.1, 0.15) is 12.5 Å². The SMILES string of the molecule is COc1cccc(NC(=O)[C@H](C)OC(=O)Cc2c(F)cccc2Cl)c1. The largest absolute Gasteiger partial charge is 0.497 e. The van der Waals surface area contributed by atoms with E-state index in [4.69, 9.17) is 21.1 Å². The second-order valence-corrected chi connectivity index (χ2v) is 5.64. The highest BCUT2D eigenvalue weighted by Gasteiger charge is 2.20. The van der Waals surface area contributed by atoms with Crippen molar-refractivity contribution < 1.29 is 23.5 Å². The van der Waals surface area contributed by atoms with Gasteiger partial charge in [0.2, 0.25) is 0 Å². The summed E-state index contributed by atoms with van der Waals surface area (Å²) in [5.74, 6) is -1.28. The lowest BCUT2D eigenvalue weighted by atomic mass is 10.1. The molecule has 2 rings (SSSR count). The number of hydrogen-bond donors (Lipinski definition) is 1. The molecule has 0 fully saturated rings. The zero-order chi connectivity index (χ0) is 18.4. The van der Waals surface area contributed by atoms with Gasteiger partial charge in [0.05, 0.1) is 13.5 Å². The maximum Gasteiger partial charge on any atom is 0.311 e. The van der Waals surface area contributed by atoms with Crippen LogP contribution < -0.4 is 10.1 Å². The fourth-order valence-electron chi connectivity index (χ4n) is 2.08. The van der Waals surface area contributed by atoms with E-state index >= 15 is 0 Å². The second kappa shape index (κ2) is 8.48. The lowest BCUT2D eigenvalue weighted by molar-refractivity contribution is -0.152. The van der Waals surface area contributed by atoms with Crippen LogP contribution in [0.4, 0.5) is 10.1 Å². The van der Waals surface area contributed by atoms with Crippen LogP contribution >= 0.6 is 11.6 Å². The van der Waals surface area contributed by atoms with Crippen molar-refractivity contribution in [2.24, 2.45) is 0 Å². The molecule has 7 heteroatoms. The Bertz CT molecular complexity index is 761. The lowest BCUT2D eigenvalue weighted by Gasteiger charge is -2.14. The van der Waals surface area contributed by atoms with Crippen LogP contribution in [0.5, 0.6) is 5.75 Å². The van der Waals surface area contributed by atoms with Crippen molar-refractivity contribution in [1.82, 2.24) is 0 Å². The molecule has 5 nitrogen and oxygen atoms in total. The molecular formula is C18H17ClFNO4. The summed E-state index contributed by atoms with van der Waals surface area (Å²) in [7, 11) is 1.51. The van der Waals surface area contributed by atoms with Gasteiger partial charge in [-0.1, -0.05) is 23.7 Å².